The molecule has 0 rings (SSSR count). The molecule has 68 valence electrons. The summed E-state index contributed by atoms with van der Waals surface area (Å²) in [6.45, 7) is 3.07. The van der Waals surface area contributed by atoms with Crippen LogP contribution in [0, 0.1) is 0 Å². The van der Waals surface area contributed by atoms with Crippen molar-refractivity contribution in [3.63, 3.8) is 0 Å². The van der Waals surface area contributed by atoms with Gasteiger partial charge in [0.2, 0.25) is 0 Å². The maximum absolute atomic E-state index is 10.5. The van der Waals surface area contributed by atoms with Crippen LogP contribution in [0.3, 0.4) is 0 Å². The summed E-state index contributed by atoms with van der Waals surface area (Å²) in [4.78, 5) is 2.23. The Balaban J connectivity index is 4.63. The predicted octanol–water partition coefficient (Wildman–Crippen LogP) is 1.12. The molecule has 0 aromatic rings. The molecular formula is C4H9BrClNO3S. The minimum Gasteiger partial charge on any atom is -0.285 e. The van der Waals surface area contributed by atoms with Crippen molar-refractivity contribution in [3.8, 4) is 0 Å². The zero-order valence-electron chi connectivity index (χ0n) is 6.01. The summed E-state index contributed by atoms with van der Waals surface area (Å²) in [6.07, 6.45) is 0. The van der Waals surface area contributed by atoms with Crippen LogP contribution in [0.2, 0.25) is 0 Å². The molecule has 7 heteroatoms. The topological polar surface area (TPSA) is 66.4 Å². The molecule has 1 unspecified atom stereocenters. The SMILES string of the molecule is CC(C)(NCl)C(Br)S(=O)(=O)O. The Bertz CT molecular complexity index is 227. The van der Waals surface area contributed by atoms with Crippen LogP contribution >= 0.6 is 27.7 Å². The van der Waals surface area contributed by atoms with Crippen molar-refractivity contribution in [2.24, 2.45) is 0 Å². The molecule has 11 heavy (non-hydrogen) atoms. The average molecular weight is 267 g/mol. The average Bonchev–Trinajstić information content (AvgIpc) is 1.84. The van der Waals surface area contributed by atoms with Crippen LogP contribution in [0.5, 0.6) is 0 Å². The highest BCUT2D eigenvalue weighted by Crippen LogP contribution is 2.22. The first-order valence-corrected chi connectivity index (χ1v) is 5.49. The zero-order valence-corrected chi connectivity index (χ0v) is 9.16. The van der Waals surface area contributed by atoms with Gasteiger partial charge in [-0.15, -0.1) is 0 Å². The van der Waals surface area contributed by atoms with Crippen molar-refractivity contribution in [1.29, 1.82) is 0 Å². The molecule has 0 saturated heterocycles. The van der Waals surface area contributed by atoms with Gasteiger partial charge in [-0.25, -0.2) is 4.84 Å². The lowest BCUT2D eigenvalue weighted by atomic mass is 10.1. The molecule has 0 aliphatic heterocycles. The fourth-order valence-electron chi connectivity index (χ4n) is 0.415. The largest absolute Gasteiger partial charge is 0.285 e. The molecule has 0 fully saturated rings. The Labute approximate surface area is 79.3 Å². The molecular weight excluding hydrogens is 257 g/mol. The molecule has 2 N–H and O–H groups in total. The summed E-state index contributed by atoms with van der Waals surface area (Å²) >= 11 is 8.03. The third-order valence-corrected chi connectivity index (χ3v) is 5.23. The van der Waals surface area contributed by atoms with E-state index >= 15 is 0 Å². The quantitative estimate of drug-likeness (QED) is 0.456. The fraction of sp³-hybridized carbons (Fsp3) is 1.00. The second-order valence-electron chi connectivity index (χ2n) is 2.65. The second-order valence-corrected chi connectivity index (χ2v) is 5.86. The van der Waals surface area contributed by atoms with Crippen LogP contribution in [0.15, 0.2) is 0 Å². The lowest BCUT2D eigenvalue weighted by Gasteiger charge is -2.25. The van der Waals surface area contributed by atoms with E-state index in [0.717, 1.165) is 0 Å². The number of hydrogen-bond acceptors (Lipinski definition) is 3. The maximum Gasteiger partial charge on any atom is 0.279 e. The lowest BCUT2D eigenvalue weighted by Crippen LogP contribution is -2.45. The van der Waals surface area contributed by atoms with E-state index in [2.05, 4.69) is 20.8 Å². The van der Waals surface area contributed by atoms with Gasteiger partial charge >= 0.3 is 0 Å². The van der Waals surface area contributed by atoms with Crippen molar-refractivity contribution in [1.82, 2.24) is 4.84 Å². The van der Waals surface area contributed by atoms with E-state index in [9.17, 15) is 8.42 Å². The van der Waals surface area contributed by atoms with Crippen molar-refractivity contribution < 1.29 is 13.0 Å². The number of hydrogen-bond donors (Lipinski definition) is 2. The van der Waals surface area contributed by atoms with Crippen LogP contribution in [-0.2, 0) is 10.1 Å². The molecule has 0 bridgehead atoms. The van der Waals surface area contributed by atoms with Gasteiger partial charge in [0.15, 0.2) is 4.16 Å². The summed E-state index contributed by atoms with van der Waals surface area (Å²) < 4.78 is 28.5. The summed E-state index contributed by atoms with van der Waals surface area (Å²) in [7, 11) is -4.10. The minimum absolute atomic E-state index is 0.921. The number of alkyl halides is 1. The van der Waals surface area contributed by atoms with Crippen molar-refractivity contribution in [3.05, 3.63) is 0 Å². The van der Waals surface area contributed by atoms with E-state index in [4.69, 9.17) is 16.3 Å². The van der Waals surface area contributed by atoms with Crippen molar-refractivity contribution in [2.75, 3.05) is 0 Å². The molecule has 0 radical (unpaired) electrons. The van der Waals surface area contributed by atoms with Gasteiger partial charge in [0.1, 0.15) is 0 Å². The normalized spacial score (nSPS) is 16.5. The van der Waals surface area contributed by atoms with Gasteiger partial charge in [0, 0.05) is 0 Å². The monoisotopic (exact) mass is 265 g/mol. The van der Waals surface area contributed by atoms with Crippen LogP contribution in [-0.4, -0.2) is 22.7 Å². The highest BCUT2D eigenvalue weighted by molar-refractivity contribution is 9.11. The van der Waals surface area contributed by atoms with Gasteiger partial charge in [-0.1, -0.05) is 15.9 Å². The summed E-state index contributed by atoms with van der Waals surface area (Å²) in [5.41, 5.74) is -0.921. The Morgan fingerprint density at radius 2 is 2.00 bits per heavy atom. The summed E-state index contributed by atoms with van der Waals surface area (Å²) in [6, 6.07) is 0. The highest BCUT2D eigenvalue weighted by atomic mass is 79.9. The van der Waals surface area contributed by atoms with Crippen LogP contribution in [0.4, 0.5) is 0 Å². The number of halogens is 2. The van der Waals surface area contributed by atoms with Gasteiger partial charge in [-0.2, -0.15) is 8.42 Å². The number of rotatable bonds is 3. The van der Waals surface area contributed by atoms with Crippen molar-refractivity contribution in [2.45, 2.75) is 23.5 Å². The maximum atomic E-state index is 10.5. The summed E-state index contributed by atoms with van der Waals surface area (Å²) in [5, 5.41) is 0. The van der Waals surface area contributed by atoms with E-state index in [1.54, 1.807) is 0 Å². The molecule has 0 aliphatic carbocycles. The van der Waals surface area contributed by atoms with E-state index in [0.29, 0.717) is 0 Å². The zero-order chi connectivity index (χ0) is 9.28. The second kappa shape index (κ2) is 3.57. The molecule has 0 aromatic heterocycles. The molecule has 0 amide bonds. The van der Waals surface area contributed by atoms with E-state index in [1.807, 2.05) is 0 Å². The number of nitrogens with one attached hydrogen (secondary N) is 1. The van der Waals surface area contributed by atoms with Gasteiger partial charge in [-0.05, 0) is 25.6 Å². The fourth-order valence-corrected chi connectivity index (χ4v) is 1.64. The first-order chi connectivity index (χ1) is 4.72. The lowest BCUT2D eigenvalue weighted by molar-refractivity contribution is 0.440. The van der Waals surface area contributed by atoms with Crippen LogP contribution < -0.4 is 4.84 Å². The van der Waals surface area contributed by atoms with Crippen LogP contribution in [0.25, 0.3) is 0 Å². The standard InChI is InChI=1S/C4H9BrClNO3S/c1-4(2,7-6)3(5)11(8,9)10/h3,7H,1-2H3,(H,8,9,10). The molecule has 4 nitrogen and oxygen atoms in total. The van der Waals surface area contributed by atoms with E-state index < -0.39 is 19.8 Å². The molecule has 0 aromatic carbocycles. The molecule has 0 saturated carbocycles. The molecule has 0 spiro atoms. The predicted molar refractivity (Wildman–Crippen MR) is 47.3 cm³/mol. The first-order valence-electron chi connectivity index (χ1n) is 2.70. The van der Waals surface area contributed by atoms with Crippen molar-refractivity contribution >= 4 is 37.8 Å². The van der Waals surface area contributed by atoms with E-state index in [1.165, 1.54) is 13.8 Å². The highest BCUT2D eigenvalue weighted by Gasteiger charge is 2.35. The first kappa shape index (κ1) is 11.6. The Morgan fingerprint density at radius 3 is 2.09 bits per heavy atom. The Hall–Kier alpha value is 0.640. The van der Waals surface area contributed by atoms with E-state index in [-0.39, 0.29) is 0 Å². The van der Waals surface area contributed by atoms with Gasteiger partial charge in [-0.3, -0.25) is 4.55 Å². The molecule has 0 aliphatic rings. The third-order valence-electron chi connectivity index (χ3n) is 1.07. The van der Waals surface area contributed by atoms with Crippen LogP contribution in [0.1, 0.15) is 13.8 Å². The Morgan fingerprint density at radius 1 is 1.64 bits per heavy atom. The molecule has 0 heterocycles. The van der Waals surface area contributed by atoms with Gasteiger partial charge < -0.3 is 0 Å². The smallest absolute Gasteiger partial charge is 0.279 e. The third kappa shape index (κ3) is 3.25. The molecule has 1 atom stereocenters. The van der Waals surface area contributed by atoms with Gasteiger partial charge in [0.05, 0.1) is 5.54 Å². The summed E-state index contributed by atoms with van der Waals surface area (Å²) in [5.74, 6) is 0. The Kier molecular flexibility index (Phi) is 3.78. The van der Waals surface area contributed by atoms with Gasteiger partial charge in [0.25, 0.3) is 10.1 Å². The minimum atomic E-state index is -4.10.